The van der Waals surface area contributed by atoms with Crippen LogP contribution in [0.5, 0.6) is 0 Å². The summed E-state index contributed by atoms with van der Waals surface area (Å²) in [6.07, 6.45) is 4.94. The van der Waals surface area contributed by atoms with Crippen LogP contribution in [0.2, 0.25) is 5.02 Å². The highest BCUT2D eigenvalue weighted by Gasteiger charge is 2.34. The molecule has 0 aromatic carbocycles. The predicted molar refractivity (Wildman–Crippen MR) is 135 cm³/mol. The first-order valence-electron chi connectivity index (χ1n) is 12.1. The van der Waals surface area contributed by atoms with Crippen molar-refractivity contribution in [3.05, 3.63) is 47.1 Å². The van der Waals surface area contributed by atoms with Gasteiger partial charge in [0.1, 0.15) is 23.7 Å². The second kappa shape index (κ2) is 10.8. The van der Waals surface area contributed by atoms with Crippen LogP contribution in [0.25, 0.3) is 11.0 Å². The smallest absolute Gasteiger partial charge is 0.355 e. The van der Waals surface area contributed by atoms with E-state index in [1.54, 1.807) is 6.07 Å². The lowest BCUT2D eigenvalue weighted by Gasteiger charge is -2.38. The van der Waals surface area contributed by atoms with Crippen molar-refractivity contribution in [3.63, 3.8) is 0 Å². The third-order valence-electron chi connectivity index (χ3n) is 6.76. The average molecular weight is 542 g/mol. The minimum atomic E-state index is -1.34. The molecule has 38 heavy (non-hydrogen) atoms. The predicted octanol–water partition coefficient (Wildman–Crippen LogP) is 3.18. The number of fused-ring (bicyclic) bond motifs is 1. The molecule has 0 unspecified atom stereocenters. The molecule has 1 saturated heterocycles. The standard InChI is InChI=1S/C25H24ClN5O7/c26-14-3-6-17(28-11-14)29-24(34)22-20(19-16(38-22)7-8-27-21(19)25(35)36)30-23(33)13-1-4-15(5-2-13)31-9-10-37-12-18(31)32/h3,6-8,11,13,15H,1-2,4-5,9-10,12H2,(H,30,33)(H,35,36)(H,28,29,34)/t13-,15-. The first-order chi connectivity index (χ1) is 18.3. The van der Waals surface area contributed by atoms with Gasteiger partial charge in [-0.05, 0) is 43.9 Å². The Hall–Kier alpha value is -4.03. The molecule has 3 aromatic rings. The van der Waals surface area contributed by atoms with Crippen molar-refractivity contribution in [2.45, 2.75) is 31.7 Å². The number of ether oxygens (including phenoxy) is 1. The van der Waals surface area contributed by atoms with E-state index in [1.807, 2.05) is 4.90 Å². The third-order valence-corrected chi connectivity index (χ3v) is 6.98. The highest BCUT2D eigenvalue weighted by atomic mass is 35.5. The Morgan fingerprint density at radius 3 is 2.55 bits per heavy atom. The zero-order valence-corrected chi connectivity index (χ0v) is 20.9. The van der Waals surface area contributed by atoms with Crippen LogP contribution >= 0.6 is 11.6 Å². The molecule has 3 amide bonds. The topological polar surface area (TPSA) is 164 Å². The number of morpholine rings is 1. The number of halogens is 1. The van der Waals surface area contributed by atoms with Crippen LogP contribution in [0.4, 0.5) is 11.5 Å². The zero-order chi connectivity index (χ0) is 26.8. The van der Waals surface area contributed by atoms with Gasteiger partial charge in [0, 0.05) is 30.9 Å². The van der Waals surface area contributed by atoms with Gasteiger partial charge < -0.3 is 29.8 Å². The van der Waals surface area contributed by atoms with Crippen LogP contribution in [-0.4, -0.2) is 69.5 Å². The number of hydrogen-bond donors (Lipinski definition) is 3. The van der Waals surface area contributed by atoms with Crippen molar-refractivity contribution in [2.75, 3.05) is 30.4 Å². The molecule has 12 nitrogen and oxygen atoms in total. The summed E-state index contributed by atoms with van der Waals surface area (Å²) in [4.78, 5) is 60.3. The molecule has 0 radical (unpaired) electrons. The summed E-state index contributed by atoms with van der Waals surface area (Å²) in [7, 11) is 0. The average Bonchev–Trinajstić information content (AvgIpc) is 3.29. The summed E-state index contributed by atoms with van der Waals surface area (Å²) in [5.41, 5.74) is -0.358. The maximum absolute atomic E-state index is 13.3. The molecule has 1 aliphatic heterocycles. The van der Waals surface area contributed by atoms with Crippen molar-refractivity contribution in [3.8, 4) is 0 Å². The van der Waals surface area contributed by atoms with Crippen LogP contribution in [0.15, 0.2) is 35.0 Å². The van der Waals surface area contributed by atoms with Crippen molar-refractivity contribution in [1.82, 2.24) is 14.9 Å². The van der Waals surface area contributed by atoms with Crippen molar-refractivity contribution in [1.29, 1.82) is 0 Å². The molecule has 13 heteroatoms. The fourth-order valence-corrected chi connectivity index (χ4v) is 5.01. The van der Waals surface area contributed by atoms with E-state index in [2.05, 4.69) is 20.6 Å². The molecule has 2 aliphatic rings. The second-order valence-corrected chi connectivity index (χ2v) is 9.53. The van der Waals surface area contributed by atoms with Crippen LogP contribution in [-0.2, 0) is 14.3 Å². The Morgan fingerprint density at radius 2 is 1.87 bits per heavy atom. The van der Waals surface area contributed by atoms with Gasteiger partial charge in [0.2, 0.25) is 17.6 Å². The molecule has 4 heterocycles. The molecule has 0 bridgehead atoms. The van der Waals surface area contributed by atoms with Crippen molar-refractivity contribution >= 4 is 57.8 Å². The minimum Gasteiger partial charge on any atom is -0.476 e. The molecule has 2 fully saturated rings. The number of carboxylic acid groups (broad SMARTS) is 1. The van der Waals surface area contributed by atoms with E-state index < -0.39 is 17.8 Å². The number of carboxylic acids is 1. The molecule has 3 N–H and O–H groups in total. The second-order valence-electron chi connectivity index (χ2n) is 9.09. The largest absolute Gasteiger partial charge is 0.476 e. The number of nitrogens with zero attached hydrogens (tertiary/aromatic N) is 3. The molecule has 198 valence electrons. The Kier molecular flexibility index (Phi) is 7.25. The Balaban J connectivity index is 1.39. The van der Waals surface area contributed by atoms with E-state index in [1.165, 1.54) is 24.5 Å². The van der Waals surface area contributed by atoms with Gasteiger partial charge in [-0.3, -0.25) is 14.4 Å². The summed E-state index contributed by atoms with van der Waals surface area (Å²) in [6, 6.07) is 4.49. The Bertz CT molecular complexity index is 1400. The van der Waals surface area contributed by atoms with Crippen LogP contribution < -0.4 is 10.6 Å². The summed E-state index contributed by atoms with van der Waals surface area (Å²) < 4.78 is 10.9. The van der Waals surface area contributed by atoms with E-state index in [9.17, 15) is 24.3 Å². The first kappa shape index (κ1) is 25.6. The summed E-state index contributed by atoms with van der Waals surface area (Å²) >= 11 is 5.85. The van der Waals surface area contributed by atoms with Gasteiger partial charge in [0.25, 0.3) is 5.91 Å². The van der Waals surface area contributed by atoms with E-state index in [4.69, 9.17) is 20.8 Å². The molecule has 1 saturated carbocycles. The van der Waals surface area contributed by atoms with E-state index in [-0.39, 0.29) is 58.4 Å². The number of amides is 3. The maximum Gasteiger partial charge on any atom is 0.355 e. The van der Waals surface area contributed by atoms with Gasteiger partial charge in [0.05, 0.1) is 17.0 Å². The molecule has 3 aromatic heterocycles. The Labute approximate surface area is 221 Å². The molecule has 1 aliphatic carbocycles. The summed E-state index contributed by atoms with van der Waals surface area (Å²) in [6.45, 7) is 1.10. The van der Waals surface area contributed by atoms with Gasteiger partial charge in [-0.2, -0.15) is 0 Å². The number of furan rings is 1. The van der Waals surface area contributed by atoms with E-state index >= 15 is 0 Å². The van der Waals surface area contributed by atoms with Gasteiger partial charge in [-0.15, -0.1) is 0 Å². The lowest BCUT2D eigenvalue weighted by Crippen LogP contribution is -2.49. The molecule has 0 spiro atoms. The number of pyridine rings is 2. The van der Waals surface area contributed by atoms with Crippen molar-refractivity contribution in [2.24, 2.45) is 5.92 Å². The van der Waals surface area contributed by atoms with Crippen molar-refractivity contribution < 1.29 is 33.4 Å². The molecular formula is C25H24ClN5O7. The summed E-state index contributed by atoms with van der Waals surface area (Å²) in [5.74, 6) is -3.00. The first-order valence-corrected chi connectivity index (χ1v) is 12.5. The SMILES string of the molecule is O=C(Nc1ccc(Cl)cn1)c1oc2ccnc(C(=O)O)c2c1NC(=O)[C@H]1CC[C@H](N2CCOCC2=O)CC1. The van der Waals surface area contributed by atoms with Crippen LogP contribution in [0.3, 0.4) is 0 Å². The normalized spacial score (nSPS) is 19.8. The lowest BCUT2D eigenvalue weighted by molar-refractivity contribution is -0.146. The van der Waals surface area contributed by atoms with Gasteiger partial charge in [0.15, 0.2) is 5.69 Å². The van der Waals surface area contributed by atoms with Gasteiger partial charge in [-0.1, -0.05) is 11.6 Å². The van der Waals surface area contributed by atoms with E-state index in [0.717, 1.165) is 0 Å². The number of carbonyl (C=O) groups excluding carboxylic acids is 3. The van der Waals surface area contributed by atoms with Crippen LogP contribution in [0, 0.1) is 5.92 Å². The van der Waals surface area contributed by atoms with Gasteiger partial charge >= 0.3 is 5.97 Å². The maximum atomic E-state index is 13.3. The van der Waals surface area contributed by atoms with Crippen LogP contribution in [0.1, 0.15) is 46.7 Å². The zero-order valence-electron chi connectivity index (χ0n) is 20.1. The molecule has 5 rings (SSSR count). The number of aromatic carboxylic acids is 1. The fraction of sp³-hybridized carbons (Fsp3) is 0.360. The quantitative estimate of drug-likeness (QED) is 0.425. The monoisotopic (exact) mass is 541 g/mol. The number of anilines is 2. The molecular weight excluding hydrogens is 518 g/mol. The molecule has 0 atom stereocenters. The van der Waals surface area contributed by atoms with E-state index in [0.29, 0.717) is 43.9 Å². The highest BCUT2D eigenvalue weighted by molar-refractivity contribution is 6.30. The lowest BCUT2D eigenvalue weighted by atomic mass is 9.84. The Morgan fingerprint density at radius 1 is 1.08 bits per heavy atom. The highest BCUT2D eigenvalue weighted by Crippen LogP contribution is 2.35. The number of hydrogen-bond acceptors (Lipinski definition) is 8. The summed E-state index contributed by atoms with van der Waals surface area (Å²) in [5, 5.41) is 15.4. The number of aromatic nitrogens is 2. The number of nitrogens with one attached hydrogen (secondary N) is 2. The number of carbonyl (C=O) groups is 4. The van der Waals surface area contributed by atoms with Gasteiger partial charge in [-0.25, -0.2) is 14.8 Å². The third kappa shape index (κ3) is 5.18. The number of rotatable bonds is 6. The fourth-order valence-electron chi connectivity index (χ4n) is 4.90. The minimum absolute atomic E-state index is 0.00941.